The summed E-state index contributed by atoms with van der Waals surface area (Å²) in [5.41, 5.74) is 5.70. The van der Waals surface area contributed by atoms with Gasteiger partial charge in [0.2, 0.25) is 0 Å². The summed E-state index contributed by atoms with van der Waals surface area (Å²) in [4.78, 5) is 15.4. The van der Waals surface area contributed by atoms with Crippen LogP contribution >= 0.6 is 23.1 Å². The molecule has 0 spiro atoms. The van der Waals surface area contributed by atoms with Gasteiger partial charge in [-0.3, -0.25) is 4.98 Å². The number of piperidine rings is 1. The number of anilines is 2. The van der Waals surface area contributed by atoms with Crippen molar-refractivity contribution in [2.24, 2.45) is 5.92 Å². The maximum absolute atomic E-state index is 4.80. The minimum Gasteiger partial charge on any atom is -0.317 e. The molecule has 1 aliphatic rings. The maximum atomic E-state index is 4.80. The SMILES string of the molecule is c1ccc(-c2csc(Nc3cc(Cc4cccc5ncccc45)c(SCC4CCNCC4)cn3)n2)cc1. The van der Waals surface area contributed by atoms with Crippen LogP contribution in [0.1, 0.15) is 24.0 Å². The maximum Gasteiger partial charge on any atom is 0.188 e. The van der Waals surface area contributed by atoms with Gasteiger partial charge in [0.05, 0.1) is 11.2 Å². The number of fused-ring (bicyclic) bond motifs is 1. The van der Waals surface area contributed by atoms with Crippen LogP contribution in [-0.2, 0) is 6.42 Å². The molecule has 5 nitrogen and oxygen atoms in total. The summed E-state index contributed by atoms with van der Waals surface area (Å²) in [5, 5.41) is 11.1. The van der Waals surface area contributed by atoms with Crippen molar-refractivity contribution < 1.29 is 0 Å². The molecule has 0 amide bonds. The number of nitrogens with zero attached hydrogens (tertiary/aromatic N) is 3. The van der Waals surface area contributed by atoms with E-state index in [1.807, 2.05) is 48.4 Å². The quantitative estimate of drug-likeness (QED) is 0.210. The average molecular weight is 524 g/mol. The molecule has 2 N–H and O–H groups in total. The van der Waals surface area contributed by atoms with Crippen molar-refractivity contribution in [3.8, 4) is 11.3 Å². The van der Waals surface area contributed by atoms with E-state index < -0.39 is 0 Å². The topological polar surface area (TPSA) is 62.7 Å². The molecule has 0 unspecified atom stereocenters. The molecule has 7 heteroatoms. The number of benzene rings is 2. The summed E-state index contributed by atoms with van der Waals surface area (Å²) in [6.07, 6.45) is 7.23. The van der Waals surface area contributed by atoms with Gasteiger partial charge in [0.1, 0.15) is 5.82 Å². The highest BCUT2D eigenvalue weighted by Gasteiger charge is 2.16. The molecule has 0 saturated carbocycles. The summed E-state index contributed by atoms with van der Waals surface area (Å²) < 4.78 is 0. The number of hydrogen-bond acceptors (Lipinski definition) is 7. The van der Waals surface area contributed by atoms with E-state index in [9.17, 15) is 0 Å². The number of aromatic nitrogens is 3. The molecule has 4 heterocycles. The summed E-state index contributed by atoms with van der Waals surface area (Å²) in [6, 6.07) is 23.1. The first kappa shape index (κ1) is 24.1. The first-order chi connectivity index (χ1) is 18.3. The molecule has 1 aliphatic heterocycles. The minimum atomic E-state index is 0.755. The van der Waals surface area contributed by atoms with Crippen LogP contribution in [0.2, 0.25) is 0 Å². The third-order valence-corrected chi connectivity index (χ3v) is 8.88. The first-order valence-electron chi connectivity index (χ1n) is 12.7. The lowest BCUT2D eigenvalue weighted by molar-refractivity contribution is 0.408. The van der Waals surface area contributed by atoms with Gasteiger partial charge in [-0.2, -0.15) is 0 Å². The van der Waals surface area contributed by atoms with Gasteiger partial charge in [0, 0.05) is 39.4 Å². The Hall–Kier alpha value is -3.26. The van der Waals surface area contributed by atoms with Gasteiger partial charge in [0.15, 0.2) is 5.13 Å². The van der Waals surface area contributed by atoms with Crippen molar-refractivity contribution >= 4 is 45.0 Å². The molecular formula is C30H29N5S2. The highest BCUT2D eigenvalue weighted by molar-refractivity contribution is 7.99. The molecule has 0 bridgehead atoms. The van der Waals surface area contributed by atoms with E-state index >= 15 is 0 Å². The van der Waals surface area contributed by atoms with Gasteiger partial charge in [-0.15, -0.1) is 23.1 Å². The zero-order chi connectivity index (χ0) is 24.9. The van der Waals surface area contributed by atoms with Crippen LogP contribution in [0.4, 0.5) is 10.9 Å². The Labute approximate surface area is 225 Å². The van der Waals surface area contributed by atoms with Gasteiger partial charge in [0.25, 0.3) is 0 Å². The van der Waals surface area contributed by atoms with Crippen molar-refractivity contribution in [1.82, 2.24) is 20.3 Å². The number of pyridine rings is 2. The van der Waals surface area contributed by atoms with Crippen LogP contribution in [-0.4, -0.2) is 33.8 Å². The molecule has 37 heavy (non-hydrogen) atoms. The summed E-state index contributed by atoms with van der Waals surface area (Å²) in [6.45, 7) is 2.25. The van der Waals surface area contributed by atoms with Crippen molar-refractivity contribution in [1.29, 1.82) is 0 Å². The fourth-order valence-electron chi connectivity index (χ4n) is 4.79. The lowest BCUT2D eigenvalue weighted by Gasteiger charge is -2.22. The third-order valence-electron chi connectivity index (χ3n) is 6.81. The first-order valence-corrected chi connectivity index (χ1v) is 14.6. The van der Waals surface area contributed by atoms with Gasteiger partial charge >= 0.3 is 0 Å². The zero-order valence-electron chi connectivity index (χ0n) is 20.6. The number of nitrogens with one attached hydrogen (secondary N) is 2. The Morgan fingerprint density at radius 2 is 1.84 bits per heavy atom. The van der Waals surface area contributed by atoms with E-state index in [1.54, 1.807) is 11.3 Å². The number of thiazole rings is 1. The molecule has 5 aromatic rings. The smallest absolute Gasteiger partial charge is 0.188 e. The largest absolute Gasteiger partial charge is 0.317 e. The van der Waals surface area contributed by atoms with Gasteiger partial charge in [-0.1, -0.05) is 48.5 Å². The number of rotatable bonds is 8. The lowest BCUT2D eigenvalue weighted by Crippen LogP contribution is -2.28. The predicted molar refractivity (Wildman–Crippen MR) is 156 cm³/mol. The Morgan fingerprint density at radius 1 is 0.946 bits per heavy atom. The van der Waals surface area contributed by atoms with Crippen LogP contribution in [0.5, 0.6) is 0 Å². The molecule has 1 saturated heterocycles. The monoisotopic (exact) mass is 523 g/mol. The van der Waals surface area contributed by atoms with Crippen LogP contribution in [0.25, 0.3) is 22.2 Å². The highest BCUT2D eigenvalue weighted by Crippen LogP contribution is 2.33. The van der Waals surface area contributed by atoms with Crippen LogP contribution in [0, 0.1) is 5.92 Å². The molecule has 1 fully saturated rings. The highest BCUT2D eigenvalue weighted by atomic mass is 32.2. The van der Waals surface area contributed by atoms with E-state index in [-0.39, 0.29) is 0 Å². The molecule has 186 valence electrons. The summed E-state index contributed by atoms with van der Waals surface area (Å²) in [7, 11) is 0. The van der Waals surface area contributed by atoms with E-state index in [2.05, 4.69) is 63.5 Å². The molecule has 0 atom stereocenters. The molecule has 0 radical (unpaired) electrons. The van der Waals surface area contributed by atoms with E-state index in [0.29, 0.717) is 0 Å². The second-order valence-electron chi connectivity index (χ2n) is 9.37. The van der Waals surface area contributed by atoms with E-state index in [0.717, 1.165) is 58.9 Å². The Kier molecular flexibility index (Phi) is 7.44. The lowest BCUT2D eigenvalue weighted by atomic mass is 10.0. The van der Waals surface area contributed by atoms with Crippen molar-refractivity contribution in [2.75, 3.05) is 24.2 Å². The molecule has 3 aromatic heterocycles. The fourth-order valence-corrected chi connectivity index (χ4v) is 6.70. The summed E-state index contributed by atoms with van der Waals surface area (Å²) >= 11 is 3.55. The summed E-state index contributed by atoms with van der Waals surface area (Å²) in [5.74, 6) is 2.71. The van der Waals surface area contributed by atoms with Gasteiger partial charge < -0.3 is 10.6 Å². The van der Waals surface area contributed by atoms with Crippen LogP contribution < -0.4 is 10.6 Å². The van der Waals surface area contributed by atoms with Crippen molar-refractivity contribution in [2.45, 2.75) is 24.2 Å². The molecule has 6 rings (SSSR count). The molecule has 0 aliphatic carbocycles. The Balaban J connectivity index is 1.27. The molecular weight excluding hydrogens is 494 g/mol. The second kappa shape index (κ2) is 11.4. The fraction of sp³-hybridized carbons (Fsp3) is 0.233. The van der Waals surface area contributed by atoms with Gasteiger partial charge in [-0.05, 0) is 67.6 Å². The Morgan fingerprint density at radius 3 is 2.73 bits per heavy atom. The number of hydrogen-bond donors (Lipinski definition) is 2. The van der Waals surface area contributed by atoms with Gasteiger partial charge in [-0.25, -0.2) is 9.97 Å². The van der Waals surface area contributed by atoms with E-state index in [4.69, 9.17) is 9.97 Å². The third kappa shape index (κ3) is 5.85. The Bertz CT molecular complexity index is 1470. The minimum absolute atomic E-state index is 0.755. The van der Waals surface area contributed by atoms with Crippen molar-refractivity contribution in [3.05, 3.63) is 95.6 Å². The zero-order valence-corrected chi connectivity index (χ0v) is 22.2. The van der Waals surface area contributed by atoms with Crippen LogP contribution in [0.15, 0.2) is 89.4 Å². The normalized spacial score (nSPS) is 14.2. The van der Waals surface area contributed by atoms with Crippen LogP contribution in [0.3, 0.4) is 0 Å². The number of thioether (sulfide) groups is 1. The average Bonchev–Trinajstić information content (AvgIpc) is 3.42. The van der Waals surface area contributed by atoms with Crippen molar-refractivity contribution in [3.63, 3.8) is 0 Å². The standard InChI is InChI=1S/C30H29N5S2/c1-2-6-22(7-3-1)27-20-37-30(34-27)35-29-17-24(16-23-8-4-10-26-25(23)9-5-13-32-26)28(18-33-29)36-19-21-11-14-31-15-12-21/h1-10,13,17-18,20-21,31H,11-12,14-16,19H2,(H,33,34,35). The van der Waals surface area contributed by atoms with E-state index in [1.165, 1.54) is 34.3 Å². The second-order valence-corrected chi connectivity index (χ2v) is 11.3. The predicted octanol–water partition coefficient (Wildman–Crippen LogP) is 7.18. The molecule has 2 aromatic carbocycles.